The van der Waals surface area contributed by atoms with Crippen molar-refractivity contribution in [3.8, 4) is 12.8 Å². The van der Waals surface area contributed by atoms with E-state index >= 15 is 0 Å². The molecule has 0 aliphatic carbocycles. The maximum atomic E-state index is 5.75. The van der Waals surface area contributed by atoms with Gasteiger partial charge in [0.05, 0.1) is 0 Å². The minimum absolute atomic E-state index is 0. The predicted molar refractivity (Wildman–Crippen MR) is 27.6 cm³/mol. The van der Waals surface area contributed by atoms with Gasteiger partial charge in [0.2, 0.25) is 0 Å². The van der Waals surface area contributed by atoms with Gasteiger partial charge in [-0.3, -0.25) is 0 Å². The van der Waals surface area contributed by atoms with E-state index in [1.54, 1.807) is 0 Å². The summed E-state index contributed by atoms with van der Waals surface area (Å²) in [5, 5.41) is 0. The van der Waals surface area contributed by atoms with Crippen molar-refractivity contribution in [2.45, 2.75) is 14.8 Å². The number of terminal acetylenes is 1. The lowest BCUT2D eigenvalue weighted by atomic mass is 11.4. The normalized spacial score (nSPS) is 4.25. The van der Waals surface area contributed by atoms with Gasteiger partial charge in [0.1, 0.15) is 0 Å². The van der Waals surface area contributed by atoms with Crippen LogP contribution < -0.4 is 0 Å². The number of hydrogen-bond acceptors (Lipinski definition) is 0. The SMILES string of the molecule is C.C#C.[3HH].[3H]C.[3H][3H]. The van der Waals surface area contributed by atoms with Gasteiger partial charge in [0.15, 0.2) is 0 Å². The Bertz CT molecular complexity index is 12.8. The minimum atomic E-state index is 0. The average molecular weight is 70.2 g/mol. The standard InChI is InChI=1S/C2H2.2CH4.2H2/c1-2;;;;/h1-2H;2*1H4;2*1H/i;1T;;1+2T;1+2. The molecular weight excluding hydrogens is 48.0 g/mol. The minimum Gasteiger partial charge on any atom is -0.124 e. The number of rotatable bonds is 0. The largest absolute Gasteiger partial charge is 0.124 e. The quantitative estimate of drug-likeness (QED) is 0.382. The van der Waals surface area contributed by atoms with Gasteiger partial charge < -0.3 is 0 Å². The third-order valence-corrected chi connectivity index (χ3v) is 0. The zero-order chi connectivity index (χ0) is 6.00. The van der Waals surface area contributed by atoms with E-state index in [2.05, 4.69) is 12.8 Å². The summed E-state index contributed by atoms with van der Waals surface area (Å²) in [6.07, 6.45) is 8.00. The molecule has 4 heavy (non-hydrogen) atoms. The Morgan fingerprint density at radius 1 is 1.75 bits per heavy atom. The Hall–Kier alpha value is -0.440. The molecule has 0 rings (SSSR count). The molecule has 30 valence electrons. The summed E-state index contributed by atoms with van der Waals surface area (Å²) < 4.78 is 15.8. The fourth-order valence-corrected chi connectivity index (χ4v) is 0. The first-order valence-electron chi connectivity index (χ1n) is 2.33. The van der Waals surface area contributed by atoms with Crippen LogP contribution in [0, 0.1) is 12.8 Å². The van der Waals surface area contributed by atoms with E-state index in [4.69, 9.17) is 4.34 Å². The molecule has 0 fully saturated rings. The van der Waals surface area contributed by atoms with Crippen LogP contribution in [0.3, 0.4) is 0 Å². The van der Waals surface area contributed by atoms with Crippen LogP contribution >= 0.6 is 0 Å². The summed E-state index contributed by atoms with van der Waals surface area (Å²) in [5.41, 5.74) is 0. The second-order valence-corrected chi connectivity index (χ2v) is 0. The van der Waals surface area contributed by atoms with Crippen LogP contribution in [0.4, 0.5) is 0 Å². The molecule has 0 aromatic carbocycles. The van der Waals surface area contributed by atoms with Crippen LogP contribution in [0.15, 0.2) is 0 Å². The van der Waals surface area contributed by atoms with Crippen LogP contribution in [0.5, 0.6) is 0 Å². The zero-order valence-corrected chi connectivity index (χ0v) is 2.15. The third kappa shape index (κ3) is 2.53. The third-order valence-electron chi connectivity index (χ3n) is 0. The van der Waals surface area contributed by atoms with Gasteiger partial charge >= 0.3 is 0 Å². The first kappa shape index (κ1) is 3.56. The van der Waals surface area contributed by atoms with E-state index in [9.17, 15) is 0 Å². The van der Waals surface area contributed by atoms with Gasteiger partial charge in [-0.15, -0.1) is 12.8 Å². The topological polar surface area (TPSA) is 0 Å². The summed E-state index contributed by atoms with van der Waals surface area (Å²) >= 11 is 0. The molecule has 0 saturated carbocycles. The van der Waals surface area contributed by atoms with Gasteiger partial charge in [-0.2, -0.15) is 0 Å². The summed E-state index contributed by atoms with van der Waals surface area (Å²) in [4.78, 5) is 0. The fraction of sp³-hybridized carbons (Fsp3) is 0.500. The molecule has 0 heteroatoms. The summed E-state index contributed by atoms with van der Waals surface area (Å²) in [7, 11) is 1.25. The Morgan fingerprint density at radius 3 is 1.75 bits per heavy atom. The van der Waals surface area contributed by atoms with E-state index in [1.807, 2.05) is 0 Å². The van der Waals surface area contributed by atoms with Crippen LogP contribution in [0.2, 0.25) is 0 Å². The average Bonchev–Trinajstić information content (AvgIpc) is 1.81. The van der Waals surface area contributed by atoms with Gasteiger partial charge in [-0.1, -0.05) is 14.8 Å². The highest BCUT2D eigenvalue weighted by atomic mass is 12.6. The monoisotopic (exact) mass is 70.1 g/mol. The second-order valence-electron chi connectivity index (χ2n) is 0. The van der Waals surface area contributed by atoms with Gasteiger partial charge in [0.25, 0.3) is 0 Å². The van der Waals surface area contributed by atoms with E-state index in [0.717, 1.165) is 0 Å². The molecule has 0 aliphatic heterocycles. The molecule has 0 saturated heterocycles. The summed E-state index contributed by atoms with van der Waals surface area (Å²) in [5.74, 6) is 0. The van der Waals surface area contributed by atoms with Crippen LogP contribution in [-0.2, 0) is 0 Å². The van der Waals surface area contributed by atoms with Crippen molar-refractivity contribution in [1.82, 2.24) is 0 Å². The Morgan fingerprint density at radius 2 is 1.75 bits per heavy atom. The molecule has 0 spiro atoms. The van der Waals surface area contributed by atoms with E-state index in [0.29, 0.717) is 0 Å². The molecular formula is C4H14. The van der Waals surface area contributed by atoms with Crippen molar-refractivity contribution in [2.75, 3.05) is 0 Å². The molecule has 0 nitrogen and oxygen atoms in total. The fourth-order valence-electron chi connectivity index (χ4n) is 0. The molecule has 0 N–H and O–H groups in total. The van der Waals surface area contributed by atoms with Crippen LogP contribution in [-0.4, -0.2) is 0 Å². The van der Waals surface area contributed by atoms with Crippen molar-refractivity contribution in [3.05, 3.63) is 0 Å². The Balaban J connectivity index is -0.00000000500. The Kier molecular flexibility index (Phi) is 28.6. The van der Waals surface area contributed by atoms with Crippen molar-refractivity contribution in [3.63, 3.8) is 0 Å². The van der Waals surface area contributed by atoms with Crippen molar-refractivity contribution in [1.29, 1.82) is 0 Å². The smallest absolute Gasteiger partial charge is 0.0194 e. The predicted octanol–water partition coefficient (Wildman–Crippen LogP) is 2.01. The molecule has 0 aromatic rings. The molecule has 0 heterocycles. The van der Waals surface area contributed by atoms with Crippen molar-refractivity contribution >= 4 is 0 Å². The van der Waals surface area contributed by atoms with Gasteiger partial charge in [0, 0.05) is 5.77 Å². The highest BCUT2D eigenvalue weighted by molar-refractivity contribution is 4.47. The first-order valence-corrected chi connectivity index (χ1v) is 0.333. The molecule has 0 radical (unpaired) electrons. The van der Waals surface area contributed by atoms with Crippen LogP contribution in [0.1, 0.15) is 20.6 Å². The van der Waals surface area contributed by atoms with Gasteiger partial charge in [-0.05, 0) is 0 Å². The van der Waals surface area contributed by atoms with Crippen molar-refractivity contribution in [2.24, 2.45) is 0 Å². The van der Waals surface area contributed by atoms with Crippen LogP contribution in [0.25, 0.3) is 0 Å². The molecule has 0 aromatic heterocycles. The van der Waals surface area contributed by atoms with Crippen molar-refractivity contribution < 1.29 is 5.77 Å². The molecule has 0 atom stereocenters. The highest BCUT2D eigenvalue weighted by Crippen LogP contribution is 0.579. The molecule has 0 aliphatic rings. The number of hydrogen-bond donors (Lipinski definition) is 0. The zero-order valence-electron chi connectivity index (χ0n) is 5.15. The van der Waals surface area contributed by atoms with E-state index < -0.39 is 0 Å². The van der Waals surface area contributed by atoms with E-state index in [-0.39, 0.29) is 8.85 Å². The molecule has 0 unspecified atom stereocenters. The first-order chi connectivity index (χ1) is 3.00. The maximum Gasteiger partial charge on any atom is 0.0194 e. The molecule has 0 amide bonds. The maximum absolute atomic E-state index is 5.75. The summed E-state index contributed by atoms with van der Waals surface area (Å²) in [6.45, 7) is 0. The van der Waals surface area contributed by atoms with Gasteiger partial charge in [-0.25, -0.2) is 0 Å². The lowest BCUT2D eigenvalue weighted by molar-refractivity contribution is 2.50. The summed E-state index contributed by atoms with van der Waals surface area (Å²) in [6, 6.07) is 0. The second kappa shape index (κ2) is 32.2. The Labute approximate surface area is 34.8 Å². The molecule has 0 bridgehead atoms. The lowest BCUT2D eigenvalue weighted by Gasteiger charge is -0.701. The highest BCUT2D eigenvalue weighted by Gasteiger charge is 0.454. The van der Waals surface area contributed by atoms with E-state index in [1.165, 1.54) is 7.40 Å². The lowest BCUT2D eigenvalue weighted by Crippen LogP contribution is -0.576.